The van der Waals surface area contributed by atoms with Crippen molar-refractivity contribution in [3.8, 4) is 5.75 Å². The van der Waals surface area contributed by atoms with Gasteiger partial charge < -0.3 is 15.2 Å². The molecule has 0 radical (unpaired) electrons. The molecule has 1 fully saturated rings. The summed E-state index contributed by atoms with van der Waals surface area (Å²) in [7, 11) is 1.68. The third-order valence-corrected chi connectivity index (χ3v) is 4.31. The first-order valence-corrected chi connectivity index (χ1v) is 7.54. The molecule has 2 rings (SSSR count). The molecule has 0 spiro atoms. The number of methoxy groups -OCH3 is 1. The van der Waals surface area contributed by atoms with Crippen molar-refractivity contribution in [1.82, 2.24) is 0 Å². The Morgan fingerprint density at radius 2 is 2.39 bits per heavy atom. The molecule has 2 N–H and O–H groups in total. The van der Waals surface area contributed by atoms with Crippen molar-refractivity contribution in [2.24, 2.45) is 5.73 Å². The predicted octanol–water partition coefficient (Wildman–Crippen LogP) is 2.57. The fourth-order valence-corrected chi connectivity index (χ4v) is 3.22. The molecule has 1 aliphatic heterocycles. The van der Waals surface area contributed by atoms with Gasteiger partial charge in [0.2, 0.25) is 0 Å². The average molecular weight is 267 g/mol. The van der Waals surface area contributed by atoms with Gasteiger partial charge in [-0.1, -0.05) is 6.07 Å². The fourth-order valence-electron chi connectivity index (χ4n) is 2.17. The van der Waals surface area contributed by atoms with E-state index in [2.05, 4.69) is 12.1 Å². The number of ether oxygens (including phenoxy) is 2. The van der Waals surface area contributed by atoms with Crippen molar-refractivity contribution in [3.63, 3.8) is 0 Å². The predicted molar refractivity (Wildman–Crippen MR) is 76.0 cm³/mol. The van der Waals surface area contributed by atoms with Crippen LogP contribution in [0.25, 0.3) is 0 Å². The van der Waals surface area contributed by atoms with Crippen LogP contribution in [0, 0.1) is 0 Å². The minimum atomic E-state index is 0.460. The summed E-state index contributed by atoms with van der Waals surface area (Å²) in [6, 6.07) is 6.26. The number of nitrogens with two attached hydrogens (primary N) is 1. The lowest BCUT2D eigenvalue weighted by Gasteiger charge is -2.11. The van der Waals surface area contributed by atoms with Gasteiger partial charge in [-0.15, -0.1) is 0 Å². The van der Waals surface area contributed by atoms with Crippen molar-refractivity contribution in [1.29, 1.82) is 0 Å². The molecule has 1 aromatic carbocycles. The summed E-state index contributed by atoms with van der Waals surface area (Å²) in [6.07, 6.45) is 2.89. The molecule has 1 aliphatic rings. The SMILES string of the molecule is COc1ccc(CSCC2CCCO2)cc1CN. The van der Waals surface area contributed by atoms with Gasteiger partial charge in [0.05, 0.1) is 13.2 Å². The Bertz CT molecular complexity index is 378. The van der Waals surface area contributed by atoms with Crippen molar-refractivity contribution in [2.45, 2.75) is 31.2 Å². The van der Waals surface area contributed by atoms with Gasteiger partial charge in [-0.3, -0.25) is 0 Å². The van der Waals surface area contributed by atoms with Crippen LogP contribution in [0.5, 0.6) is 5.75 Å². The molecule has 1 aromatic rings. The number of rotatable bonds is 6. The van der Waals surface area contributed by atoms with Crippen LogP contribution in [-0.2, 0) is 17.0 Å². The van der Waals surface area contributed by atoms with E-state index in [9.17, 15) is 0 Å². The zero-order valence-electron chi connectivity index (χ0n) is 10.9. The number of thioether (sulfide) groups is 1. The topological polar surface area (TPSA) is 44.5 Å². The van der Waals surface area contributed by atoms with Crippen LogP contribution < -0.4 is 10.5 Å². The van der Waals surface area contributed by atoms with E-state index >= 15 is 0 Å². The molecule has 0 amide bonds. The van der Waals surface area contributed by atoms with Crippen molar-refractivity contribution in [2.75, 3.05) is 19.5 Å². The zero-order chi connectivity index (χ0) is 12.8. The third kappa shape index (κ3) is 3.64. The van der Waals surface area contributed by atoms with E-state index in [1.165, 1.54) is 18.4 Å². The van der Waals surface area contributed by atoms with Crippen LogP contribution in [0.4, 0.5) is 0 Å². The van der Waals surface area contributed by atoms with E-state index in [-0.39, 0.29) is 0 Å². The summed E-state index contributed by atoms with van der Waals surface area (Å²) in [5.74, 6) is 2.98. The van der Waals surface area contributed by atoms with Crippen LogP contribution in [0.3, 0.4) is 0 Å². The van der Waals surface area contributed by atoms with Gasteiger partial charge in [-0.05, 0) is 30.5 Å². The van der Waals surface area contributed by atoms with E-state index in [0.717, 1.165) is 29.4 Å². The van der Waals surface area contributed by atoms with E-state index in [1.807, 2.05) is 17.8 Å². The smallest absolute Gasteiger partial charge is 0.123 e. The van der Waals surface area contributed by atoms with E-state index in [1.54, 1.807) is 7.11 Å². The van der Waals surface area contributed by atoms with Crippen molar-refractivity contribution in [3.05, 3.63) is 29.3 Å². The molecule has 0 aliphatic carbocycles. The van der Waals surface area contributed by atoms with Crippen molar-refractivity contribution >= 4 is 11.8 Å². The summed E-state index contributed by atoms with van der Waals surface area (Å²) >= 11 is 1.93. The van der Waals surface area contributed by atoms with Crippen LogP contribution in [0.2, 0.25) is 0 Å². The average Bonchev–Trinajstić information content (AvgIpc) is 2.91. The van der Waals surface area contributed by atoms with Gasteiger partial charge in [0, 0.05) is 30.2 Å². The minimum Gasteiger partial charge on any atom is -0.496 e. The second-order valence-electron chi connectivity index (χ2n) is 4.50. The number of hydrogen-bond donors (Lipinski definition) is 1. The third-order valence-electron chi connectivity index (χ3n) is 3.16. The molecule has 1 saturated heterocycles. The molecule has 0 aromatic heterocycles. The number of hydrogen-bond acceptors (Lipinski definition) is 4. The molecular formula is C14H21NO2S. The Morgan fingerprint density at radius 1 is 1.50 bits per heavy atom. The summed E-state index contributed by atoms with van der Waals surface area (Å²) in [4.78, 5) is 0. The van der Waals surface area contributed by atoms with Gasteiger partial charge in [-0.2, -0.15) is 11.8 Å². The Kier molecular flexibility index (Phi) is 5.35. The van der Waals surface area contributed by atoms with Crippen LogP contribution in [0.1, 0.15) is 24.0 Å². The maximum absolute atomic E-state index is 5.72. The maximum atomic E-state index is 5.72. The highest BCUT2D eigenvalue weighted by Gasteiger charge is 2.15. The van der Waals surface area contributed by atoms with E-state index < -0.39 is 0 Å². The normalized spacial score (nSPS) is 19.1. The molecule has 0 bridgehead atoms. The summed E-state index contributed by atoms with van der Waals surface area (Å²) < 4.78 is 10.9. The van der Waals surface area contributed by atoms with Gasteiger partial charge in [-0.25, -0.2) is 0 Å². The maximum Gasteiger partial charge on any atom is 0.123 e. The Hall–Kier alpha value is -0.710. The molecule has 1 unspecified atom stereocenters. The molecule has 3 nitrogen and oxygen atoms in total. The molecule has 18 heavy (non-hydrogen) atoms. The molecule has 1 heterocycles. The lowest BCUT2D eigenvalue weighted by atomic mass is 10.1. The first-order valence-electron chi connectivity index (χ1n) is 6.38. The standard InChI is InChI=1S/C14H21NO2S/c1-16-14-5-4-11(7-12(14)8-15)9-18-10-13-3-2-6-17-13/h4-5,7,13H,2-3,6,8-10,15H2,1H3. The van der Waals surface area contributed by atoms with Crippen LogP contribution >= 0.6 is 11.8 Å². The fraction of sp³-hybridized carbons (Fsp3) is 0.571. The quantitative estimate of drug-likeness (QED) is 0.860. The molecule has 0 saturated carbocycles. The Labute approximate surface area is 113 Å². The van der Waals surface area contributed by atoms with E-state index in [4.69, 9.17) is 15.2 Å². The van der Waals surface area contributed by atoms with Gasteiger partial charge in [0.1, 0.15) is 5.75 Å². The molecule has 100 valence electrons. The van der Waals surface area contributed by atoms with Gasteiger partial charge in [0.15, 0.2) is 0 Å². The minimum absolute atomic E-state index is 0.460. The summed E-state index contributed by atoms with van der Waals surface area (Å²) in [5.41, 5.74) is 8.10. The Morgan fingerprint density at radius 3 is 3.06 bits per heavy atom. The highest BCUT2D eigenvalue weighted by molar-refractivity contribution is 7.98. The lowest BCUT2D eigenvalue weighted by Crippen LogP contribution is -2.08. The monoisotopic (exact) mass is 267 g/mol. The second-order valence-corrected chi connectivity index (χ2v) is 5.53. The molecular weight excluding hydrogens is 246 g/mol. The lowest BCUT2D eigenvalue weighted by molar-refractivity contribution is 0.129. The molecule has 4 heteroatoms. The van der Waals surface area contributed by atoms with Crippen LogP contribution in [-0.4, -0.2) is 25.6 Å². The second kappa shape index (κ2) is 7.02. The van der Waals surface area contributed by atoms with E-state index in [0.29, 0.717) is 12.6 Å². The first-order chi connectivity index (χ1) is 8.83. The zero-order valence-corrected chi connectivity index (χ0v) is 11.7. The highest BCUT2D eigenvalue weighted by Crippen LogP contribution is 2.24. The largest absolute Gasteiger partial charge is 0.496 e. The highest BCUT2D eigenvalue weighted by atomic mass is 32.2. The summed E-state index contributed by atoms with van der Waals surface area (Å²) in [5, 5.41) is 0. The summed E-state index contributed by atoms with van der Waals surface area (Å²) in [6.45, 7) is 1.46. The van der Waals surface area contributed by atoms with Gasteiger partial charge in [0.25, 0.3) is 0 Å². The molecule has 1 atom stereocenters. The van der Waals surface area contributed by atoms with Crippen LogP contribution in [0.15, 0.2) is 18.2 Å². The first kappa shape index (κ1) is 13.7. The Balaban J connectivity index is 1.84. The van der Waals surface area contributed by atoms with Crippen molar-refractivity contribution < 1.29 is 9.47 Å². The number of benzene rings is 1. The van der Waals surface area contributed by atoms with Gasteiger partial charge >= 0.3 is 0 Å².